The Morgan fingerprint density at radius 2 is 1.29 bits per heavy atom. The van der Waals surface area contributed by atoms with Gasteiger partial charge in [-0.3, -0.25) is 0 Å². The second-order valence-electron chi connectivity index (χ2n) is 1.97. The topological polar surface area (TPSA) is 141 Å². The van der Waals surface area contributed by atoms with Crippen molar-refractivity contribution in [1.82, 2.24) is 0 Å². The summed E-state index contributed by atoms with van der Waals surface area (Å²) in [5.74, 6) is -4.53. The van der Waals surface area contributed by atoms with Gasteiger partial charge in [-0.05, 0) is 19.1 Å². The van der Waals surface area contributed by atoms with E-state index in [0.29, 0.717) is 12.2 Å². The molecule has 0 rings (SSSR count). The SMILES string of the molecule is CC(O)C(=O)[O-].O=C([O-])/C=C/C(=O)[O-]. The van der Waals surface area contributed by atoms with E-state index in [2.05, 4.69) is 0 Å². The molecular formula is C7H7O7-3. The maximum absolute atomic E-state index is 9.41. The molecule has 80 valence electrons. The molecule has 7 heteroatoms. The predicted octanol–water partition coefficient (Wildman–Crippen LogP) is -4.84. The first-order valence-corrected chi connectivity index (χ1v) is 3.26. The normalized spacial score (nSPS) is 11.3. The van der Waals surface area contributed by atoms with Gasteiger partial charge in [-0.15, -0.1) is 0 Å². The molecular weight excluding hydrogens is 196 g/mol. The Kier molecular flexibility index (Phi) is 8.09. The molecule has 0 aliphatic heterocycles. The molecule has 0 bridgehead atoms. The van der Waals surface area contributed by atoms with Crippen LogP contribution < -0.4 is 15.3 Å². The van der Waals surface area contributed by atoms with Crippen LogP contribution >= 0.6 is 0 Å². The van der Waals surface area contributed by atoms with Crippen LogP contribution in [0.5, 0.6) is 0 Å². The molecule has 14 heavy (non-hydrogen) atoms. The first kappa shape index (κ1) is 14.6. The molecule has 1 atom stereocenters. The highest BCUT2D eigenvalue weighted by Crippen LogP contribution is 1.69. The monoisotopic (exact) mass is 203 g/mol. The van der Waals surface area contributed by atoms with Gasteiger partial charge in [0.25, 0.3) is 0 Å². The van der Waals surface area contributed by atoms with E-state index in [1.165, 1.54) is 0 Å². The number of hydrogen-bond acceptors (Lipinski definition) is 7. The second kappa shape index (κ2) is 7.74. The molecule has 0 spiro atoms. The van der Waals surface area contributed by atoms with Crippen LogP contribution in [0.2, 0.25) is 0 Å². The lowest BCUT2D eigenvalue weighted by atomic mass is 10.4. The molecule has 0 aliphatic rings. The fourth-order valence-corrected chi connectivity index (χ4v) is 0.136. The minimum Gasteiger partial charge on any atom is -0.547 e. The highest BCUT2D eigenvalue weighted by atomic mass is 16.4. The van der Waals surface area contributed by atoms with E-state index in [-0.39, 0.29) is 0 Å². The molecule has 0 aromatic carbocycles. The van der Waals surface area contributed by atoms with Gasteiger partial charge in [0.05, 0.1) is 24.0 Å². The van der Waals surface area contributed by atoms with Gasteiger partial charge in [-0.1, -0.05) is 0 Å². The van der Waals surface area contributed by atoms with Crippen LogP contribution in [0, 0.1) is 0 Å². The van der Waals surface area contributed by atoms with E-state index < -0.39 is 24.0 Å². The molecule has 0 amide bonds. The van der Waals surface area contributed by atoms with E-state index in [9.17, 15) is 29.7 Å². The summed E-state index contributed by atoms with van der Waals surface area (Å²) in [7, 11) is 0. The number of carboxylic acid groups (broad SMARTS) is 3. The molecule has 0 radical (unpaired) electrons. The molecule has 1 N–H and O–H groups in total. The molecule has 7 nitrogen and oxygen atoms in total. The quantitative estimate of drug-likeness (QED) is 0.453. The van der Waals surface area contributed by atoms with Crippen LogP contribution in [0.1, 0.15) is 6.92 Å². The molecule has 0 aliphatic carbocycles. The number of aliphatic hydroxyl groups excluding tert-OH is 1. The van der Waals surface area contributed by atoms with Crippen molar-refractivity contribution in [1.29, 1.82) is 0 Å². The smallest absolute Gasteiger partial charge is 0.0905 e. The molecule has 0 aromatic rings. The Labute approximate surface area is 78.9 Å². The highest BCUT2D eigenvalue weighted by molar-refractivity contribution is 5.87. The van der Waals surface area contributed by atoms with E-state index in [1.54, 1.807) is 0 Å². The Balaban J connectivity index is 0. The van der Waals surface area contributed by atoms with Gasteiger partial charge < -0.3 is 34.8 Å². The summed E-state index contributed by atoms with van der Waals surface area (Å²) in [6, 6.07) is 0. The number of aliphatic carboxylic acids is 3. The van der Waals surface area contributed by atoms with Gasteiger partial charge in [0.1, 0.15) is 0 Å². The minimum absolute atomic E-state index is 0.384. The number of hydrogen-bond donors (Lipinski definition) is 1. The third-order valence-electron chi connectivity index (χ3n) is 0.697. The summed E-state index contributed by atoms with van der Waals surface area (Å²) in [6.07, 6.45) is -0.574. The third kappa shape index (κ3) is 16.6. The van der Waals surface area contributed by atoms with Gasteiger partial charge in [-0.2, -0.15) is 0 Å². The van der Waals surface area contributed by atoms with E-state index in [1.807, 2.05) is 0 Å². The summed E-state index contributed by atoms with van der Waals surface area (Å²) in [5, 5.41) is 36.1. The van der Waals surface area contributed by atoms with Crippen molar-refractivity contribution in [2.45, 2.75) is 13.0 Å². The second-order valence-corrected chi connectivity index (χ2v) is 1.97. The molecule has 0 heterocycles. The van der Waals surface area contributed by atoms with Crippen molar-refractivity contribution in [3.63, 3.8) is 0 Å². The zero-order valence-electron chi connectivity index (χ0n) is 7.13. The molecule has 0 saturated carbocycles. The van der Waals surface area contributed by atoms with Crippen molar-refractivity contribution < 1.29 is 34.8 Å². The minimum atomic E-state index is -1.55. The predicted molar refractivity (Wildman–Crippen MR) is 35.8 cm³/mol. The van der Waals surface area contributed by atoms with Crippen LogP contribution in [-0.4, -0.2) is 29.1 Å². The lowest BCUT2D eigenvalue weighted by Gasteiger charge is -2.00. The van der Waals surface area contributed by atoms with Crippen molar-refractivity contribution in [2.24, 2.45) is 0 Å². The first-order chi connectivity index (χ1) is 6.27. The summed E-state index contributed by atoms with van der Waals surface area (Å²) >= 11 is 0. The Morgan fingerprint density at radius 3 is 1.36 bits per heavy atom. The van der Waals surface area contributed by atoms with E-state index >= 15 is 0 Å². The standard InChI is InChI=1S/C4H4O4.C3H6O3/c5-3(6)1-2-4(7)8;1-2(4)3(5)6/h1-2H,(H,5,6)(H,7,8);2,4H,1H3,(H,5,6)/p-3/b2-1+;. The van der Waals surface area contributed by atoms with Gasteiger partial charge in [0.15, 0.2) is 0 Å². The van der Waals surface area contributed by atoms with Gasteiger partial charge in [0.2, 0.25) is 0 Å². The van der Waals surface area contributed by atoms with Crippen LogP contribution in [0.25, 0.3) is 0 Å². The Hall–Kier alpha value is -1.89. The average molecular weight is 203 g/mol. The zero-order valence-corrected chi connectivity index (χ0v) is 7.13. The summed E-state index contributed by atoms with van der Waals surface area (Å²) in [4.78, 5) is 28.2. The number of rotatable bonds is 3. The first-order valence-electron chi connectivity index (χ1n) is 3.26. The lowest BCUT2D eigenvalue weighted by molar-refractivity contribution is -0.314. The fourth-order valence-electron chi connectivity index (χ4n) is 0.136. The largest absolute Gasteiger partial charge is 0.547 e. The maximum Gasteiger partial charge on any atom is 0.0905 e. The molecule has 0 aromatic heterocycles. The van der Waals surface area contributed by atoms with E-state index in [0.717, 1.165) is 6.92 Å². The lowest BCUT2D eigenvalue weighted by Crippen LogP contribution is -2.32. The van der Waals surface area contributed by atoms with Crippen LogP contribution in [-0.2, 0) is 14.4 Å². The Bertz CT molecular complexity index is 224. The maximum atomic E-state index is 9.41. The van der Waals surface area contributed by atoms with Gasteiger partial charge in [0, 0.05) is 0 Å². The van der Waals surface area contributed by atoms with E-state index in [4.69, 9.17) is 5.11 Å². The van der Waals surface area contributed by atoms with Crippen molar-refractivity contribution >= 4 is 17.9 Å². The summed E-state index contributed by atoms with van der Waals surface area (Å²) in [6.45, 7) is 1.13. The van der Waals surface area contributed by atoms with Crippen LogP contribution in [0.3, 0.4) is 0 Å². The zero-order chi connectivity index (χ0) is 11.7. The highest BCUT2D eigenvalue weighted by Gasteiger charge is 1.89. The van der Waals surface area contributed by atoms with Crippen LogP contribution in [0.15, 0.2) is 12.2 Å². The van der Waals surface area contributed by atoms with Crippen molar-refractivity contribution in [3.05, 3.63) is 12.2 Å². The number of carboxylic acids is 3. The Morgan fingerprint density at radius 1 is 1.07 bits per heavy atom. The molecule has 0 saturated heterocycles. The third-order valence-corrected chi connectivity index (χ3v) is 0.697. The molecule has 1 unspecified atom stereocenters. The molecule has 0 fully saturated rings. The van der Waals surface area contributed by atoms with Crippen molar-refractivity contribution in [3.8, 4) is 0 Å². The van der Waals surface area contributed by atoms with Crippen LogP contribution in [0.4, 0.5) is 0 Å². The average Bonchev–Trinajstić information content (AvgIpc) is 2.01. The fraction of sp³-hybridized carbons (Fsp3) is 0.286. The summed E-state index contributed by atoms with van der Waals surface area (Å²) < 4.78 is 0. The van der Waals surface area contributed by atoms with Gasteiger partial charge >= 0.3 is 0 Å². The number of carbonyl (C=O) groups is 3. The van der Waals surface area contributed by atoms with Gasteiger partial charge in [-0.25, -0.2) is 0 Å². The van der Waals surface area contributed by atoms with Crippen molar-refractivity contribution in [2.75, 3.05) is 0 Å². The number of carbonyl (C=O) groups excluding carboxylic acids is 3. The summed E-state index contributed by atoms with van der Waals surface area (Å²) in [5.41, 5.74) is 0. The number of aliphatic hydroxyl groups is 1.